The van der Waals surface area contributed by atoms with Crippen LogP contribution in [0.2, 0.25) is 0 Å². The molecule has 0 fully saturated rings. The van der Waals surface area contributed by atoms with Gasteiger partial charge in [-0.2, -0.15) is 5.10 Å². The number of nitrogen functional groups attached to an aromatic ring is 1. The van der Waals surface area contributed by atoms with E-state index >= 15 is 0 Å². The van der Waals surface area contributed by atoms with Crippen LogP contribution >= 0.6 is 7.44 Å². The smallest absolute Gasteiger partial charge is 0.241 e. The molecule has 7 nitrogen and oxygen atoms in total. The van der Waals surface area contributed by atoms with Crippen LogP contribution in [0.25, 0.3) is 0 Å². The van der Waals surface area contributed by atoms with Gasteiger partial charge in [0, 0.05) is 0 Å². The normalized spacial score (nSPS) is 13.6. The Balaban J connectivity index is 3.38. The van der Waals surface area contributed by atoms with Crippen molar-refractivity contribution in [2.75, 3.05) is 33.9 Å². The van der Waals surface area contributed by atoms with E-state index in [9.17, 15) is 4.57 Å². The van der Waals surface area contributed by atoms with Crippen LogP contribution < -0.4 is 5.73 Å². The highest BCUT2D eigenvalue weighted by molar-refractivity contribution is 7.59. The summed E-state index contributed by atoms with van der Waals surface area (Å²) in [5, 5.41) is 3.31. The SMILES string of the molecule is CN(C)P(=O)(N(C)C)C(C)(C)n1ncnc1N. The lowest BCUT2D eigenvalue weighted by molar-refractivity contribution is 0.350. The van der Waals surface area contributed by atoms with E-state index in [1.54, 1.807) is 37.5 Å². The molecule has 0 bridgehead atoms. The minimum Gasteiger partial charge on any atom is -0.368 e. The number of aromatic nitrogens is 3. The van der Waals surface area contributed by atoms with Crippen LogP contribution in [0.3, 0.4) is 0 Å². The van der Waals surface area contributed by atoms with Gasteiger partial charge < -0.3 is 5.73 Å². The molecule has 17 heavy (non-hydrogen) atoms. The maximum absolute atomic E-state index is 13.2. The maximum atomic E-state index is 13.2. The fraction of sp³-hybridized carbons (Fsp3) is 0.778. The Morgan fingerprint density at radius 3 is 2.06 bits per heavy atom. The summed E-state index contributed by atoms with van der Waals surface area (Å²) in [7, 11) is 4.31. The fourth-order valence-corrected chi connectivity index (χ4v) is 5.21. The summed E-state index contributed by atoms with van der Waals surface area (Å²) in [5.41, 5.74) is 5.75. The van der Waals surface area contributed by atoms with Crippen molar-refractivity contribution in [2.24, 2.45) is 0 Å². The zero-order valence-corrected chi connectivity index (χ0v) is 12.1. The first-order valence-electron chi connectivity index (χ1n) is 5.27. The third-order valence-corrected chi connectivity index (χ3v) is 6.67. The molecule has 0 saturated heterocycles. The first-order valence-corrected chi connectivity index (χ1v) is 6.88. The summed E-state index contributed by atoms with van der Waals surface area (Å²) in [6, 6.07) is 0. The minimum atomic E-state index is -2.83. The third kappa shape index (κ3) is 1.99. The average molecular weight is 260 g/mol. The summed E-state index contributed by atoms with van der Waals surface area (Å²) in [6.07, 6.45) is 1.37. The zero-order chi connectivity index (χ0) is 13.4. The van der Waals surface area contributed by atoms with Crippen molar-refractivity contribution in [3.63, 3.8) is 0 Å². The number of anilines is 1. The lowest BCUT2D eigenvalue weighted by atomic mass is 10.4. The van der Waals surface area contributed by atoms with Gasteiger partial charge in [0.1, 0.15) is 11.6 Å². The van der Waals surface area contributed by atoms with E-state index in [4.69, 9.17) is 5.73 Å². The van der Waals surface area contributed by atoms with E-state index < -0.39 is 12.7 Å². The summed E-state index contributed by atoms with van der Waals surface area (Å²) in [4.78, 5) is 3.89. The molecule has 1 heterocycles. The summed E-state index contributed by atoms with van der Waals surface area (Å²) in [5.74, 6) is 0.263. The summed E-state index contributed by atoms with van der Waals surface area (Å²) >= 11 is 0. The highest BCUT2D eigenvalue weighted by Gasteiger charge is 2.47. The predicted molar refractivity (Wildman–Crippen MR) is 68.7 cm³/mol. The highest BCUT2D eigenvalue weighted by Crippen LogP contribution is 2.63. The Morgan fingerprint density at radius 1 is 1.29 bits per heavy atom. The molecule has 0 radical (unpaired) electrons. The number of nitrogens with zero attached hydrogens (tertiary/aromatic N) is 5. The molecule has 2 N–H and O–H groups in total. The molecule has 1 rings (SSSR count). The van der Waals surface area contributed by atoms with Gasteiger partial charge in [0.05, 0.1) is 0 Å². The third-order valence-electron chi connectivity index (χ3n) is 2.89. The van der Waals surface area contributed by atoms with Crippen LogP contribution in [-0.4, -0.2) is 52.3 Å². The van der Waals surface area contributed by atoms with E-state index in [0.717, 1.165) is 0 Å². The van der Waals surface area contributed by atoms with Crippen molar-refractivity contribution in [1.82, 2.24) is 24.1 Å². The quantitative estimate of drug-likeness (QED) is 0.809. The van der Waals surface area contributed by atoms with Gasteiger partial charge in [-0.15, -0.1) is 0 Å². The lowest BCUT2D eigenvalue weighted by Gasteiger charge is -2.42. The molecule has 0 aliphatic carbocycles. The monoisotopic (exact) mass is 260 g/mol. The molecule has 0 amide bonds. The van der Waals surface area contributed by atoms with E-state index in [1.165, 1.54) is 11.0 Å². The summed E-state index contributed by atoms with van der Waals surface area (Å²) in [6.45, 7) is 3.69. The Bertz CT molecular complexity index is 426. The molecule has 0 saturated carbocycles. The first-order chi connectivity index (χ1) is 7.65. The standard InChI is InChI=1S/C9H21N6OP/c1-9(2,15-8(10)11-7-12-15)17(16,13(3)4)14(5)6/h7H,1-6H3,(H2,10,11,12). The van der Waals surface area contributed by atoms with Crippen molar-refractivity contribution >= 4 is 13.4 Å². The number of hydrogen-bond acceptors (Lipinski definition) is 4. The molecule has 0 atom stereocenters. The largest absolute Gasteiger partial charge is 0.368 e. The molecule has 0 spiro atoms. The van der Waals surface area contributed by atoms with Gasteiger partial charge in [0.15, 0.2) is 0 Å². The topological polar surface area (TPSA) is 80.3 Å². The molecule has 0 aliphatic rings. The zero-order valence-electron chi connectivity index (χ0n) is 11.2. The molecule has 0 aromatic carbocycles. The Labute approximate surface area is 102 Å². The van der Waals surface area contributed by atoms with Crippen molar-refractivity contribution in [3.8, 4) is 0 Å². The van der Waals surface area contributed by atoms with E-state index in [0.29, 0.717) is 0 Å². The van der Waals surface area contributed by atoms with Gasteiger partial charge in [-0.05, 0) is 42.0 Å². The second kappa shape index (κ2) is 4.40. The van der Waals surface area contributed by atoms with Gasteiger partial charge in [0.2, 0.25) is 13.4 Å². The van der Waals surface area contributed by atoms with Gasteiger partial charge in [-0.1, -0.05) is 0 Å². The Morgan fingerprint density at radius 2 is 1.76 bits per heavy atom. The number of nitrogens with two attached hydrogens (primary N) is 1. The van der Waals surface area contributed by atoms with Gasteiger partial charge in [0.25, 0.3) is 0 Å². The van der Waals surface area contributed by atoms with Crippen molar-refractivity contribution < 1.29 is 4.57 Å². The second-order valence-electron chi connectivity index (χ2n) is 4.76. The Hall–Kier alpha value is -0.910. The molecule has 0 aliphatic heterocycles. The van der Waals surface area contributed by atoms with Crippen LogP contribution in [0, 0.1) is 0 Å². The second-order valence-corrected chi connectivity index (χ2v) is 8.55. The van der Waals surface area contributed by atoms with E-state index in [1.807, 2.05) is 13.8 Å². The van der Waals surface area contributed by atoms with Gasteiger partial charge >= 0.3 is 0 Å². The van der Waals surface area contributed by atoms with Crippen LogP contribution in [0.15, 0.2) is 6.33 Å². The average Bonchev–Trinajstić information content (AvgIpc) is 2.62. The Kier molecular flexibility index (Phi) is 3.66. The van der Waals surface area contributed by atoms with Crippen LogP contribution in [0.4, 0.5) is 5.95 Å². The van der Waals surface area contributed by atoms with E-state index in [2.05, 4.69) is 10.1 Å². The molecule has 98 valence electrons. The fourth-order valence-electron chi connectivity index (χ4n) is 2.13. The van der Waals surface area contributed by atoms with Crippen molar-refractivity contribution in [3.05, 3.63) is 6.33 Å². The molecular weight excluding hydrogens is 239 g/mol. The molecule has 0 unspecified atom stereocenters. The first kappa shape index (κ1) is 14.2. The van der Waals surface area contributed by atoms with Gasteiger partial charge in [-0.3, -0.25) is 4.57 Å². The molecule has 8 heteroatoms. The molecule has 1 aromatic heterocycles. The highest BCUT2D eigenvalue weighted by atomic mass is 31.2. The molecular formula is C9H21N6OP. The minimum absolute atomic E-state index is 0.263. The number of rotatable bonds is 4. The van der Waals surface area contributed by atoms with Crippen molar-refractivity contribution in [1.29, 1.82) is 0 Å². The predicted octanol–water partition coefficient (Wildman–Crippen LogP) is 0.869. The molecule has 1 aromatic rings. The lowest BCUT2D eigenvalue weighted by Crippen LogP contribution is -2.39. The van der Waals surface area contributed by atoms with Crippen molar-refractivity contribution in [2.45, 2.75) is 19.1 Å². The van der Waals surface area contributed by atoms with Gasteiger partial charge in [-0.25, -0.2) is 19.0 Å². The maximum Gasteiger partial charge on any atom is 0.241 e. The van der Waals surface area contributed by atoms with Crippen LogP contribution in [0.1, 0.15) is 13.8 Å². The van der Waals surface area contributed by atoms with Crippen LogP contribution in [0.5, 0.6) is 0 Å². The van der Waals surface area contributed by atoms with Crippen LogP contribution in [-0.2, 0) is 9.85 Å². The number of hydrogen-bond donors (Lipinski definition) is 1. The van der Waals surface area contributed by atoms with E-state index in [-0.39, 0.29) is 5.95 Å². The summed E-state index contributed by atoms with van der Waals surface area (Å²) < 4.78 is 18.1.